The van der Waals surface area contributed by atoms with Crippen molar-refractivity contribution in [2.24, 2.45) is 0 Å². The van der Waals surface area contributed by atoms with E-state index in [0.717, 1.165) is 17.8 Å². The van der Waals surface area contributed by atoms with E-state index < -0.39 is 0 Å². The molecule has 3 nitrogen and oxygen atoms in total. The summed E-state index contributed by atoms with van der Waals surface area (Å²) in [6.45, 7) is 2.08. The lowest BCUT2D eigenvalue weighted by atomic mass is 10.4. The molecule has 3 heteroatoms. The van der Waals surface area contributed by atoms with E-state index >= 15 is 0 Å². The molecule has 0 aliphatic heterocycles. The van der Waals surface area contributed by atoms with Gasteiger partial charge in [0.1, 0.15) is 6.26 Å². The number of aryl methyl sites for hydroxylation is 1. The maximum Gasteiger partial charge on any atom is 0.172 e. The highest BCUT2D eigenvalue weighted by molar-refractivity contribution is 5.36. The Hall–Kier alpha value is -1.25. The van der Waals surface area contributed by atoms with Crippen LogP contribution in [0.4, 0.5) is 0 Å². The van der Waals surface area contributed by atoms with Gasteiger partial charge in [0.15, 0.2) is 5.65 Å². The minimum atomic E-state index is 0.886. The first-order valence-electron chi connectivity index (χ1n) is 3.32. The predicted molar refractivity (Wildman–Crippen MR) is 36.8 cm³/mol. The van der Waals surface area contributed by atoms with Crippen molar-refractivity contribution in [2.45, 2.75) is 13.3 Å². The van der Waals surface area contributed by atoms with Crippen molar-refractivity contribution >= 4 is 5.65 Å². The molecule has 2 rings (SSSR count). The Kier molecular flexibility index (Phi) is 1.03. The zero-order valence-electron chi connectivity index (χ0n) is 5.74. The average molecular weight is 136 g/mol. The van der Waals surface area contributed by atoms with E-state index in [2.05, 4.69) is 11.9 Å². The van der Waals surface area contributed by atoms with Crippen LogP contribution in [0.2, 0.25) is 0 Å². The van der Waals surface area contributed by atoms with Gasteiger partial charge in [-0.2, -0.15) is 4.57 Å². The summed E-state index contributed by atoms with van der Waals surface area (Å²) in [6, 6.07) is 1.85. The van der Waals surface area contributed by atoms with Crippen LogP contribution in [0, 0.1) is 0 Å². The Labute approximate surface area is 58.2 Å². The third kappa shape index (κ3) is 0.572. The summed E-state index contributed by atoms with van der Waals surface area (Å²) < 4.78 is 6.87. The van der Waals surface area contributed by atoms with Gasteiger partial charge in [-0.25, -0.2) is 4.98 Å². The van der Waals surface area contributed by atoms with Gasteiger partial charge < -0.3 is 4.52 Å². The molecular formula is C7H8N2O. The van der Waals surface area contributed by atoms with Gasteiger partial charge in [0, 0.05) is 6.07 Å². The van der Waals surface area contributed by atoms with Gasteiger partial charge in [0.2, 0.25) is 0 Å². The third-order valence-electron chi connectivity index (χ3n) is 1.56. The van der Waals surface area contributed by atoms with Crippen molar-refractivity contribution in [1.29, 1.82) is 0 Å². The fourth-order valence-electron chi connectivity index (χ4n) is 1.01. The van der Waals surface area contributed by atoms with E-state index in [4.69, 9.17) is 4.52 Å². The second kappa shape index (κ2) is 1.87. The maximum absolute atomic E-state index is 5.13. The van der Waals surface area contributed by atoms with E-state index in [1.165, 1.54) is 0 Å². The van der Waals surface area contributed by atoms with Crippen molar-refractivity contribution < 1.29 is 4.52 Å². The van der Waals surface area contributed by atoms with Crippen molar-refractivity contribution in [3.8, 4) is 0 Å². The lowest BCUT2D eigenvalue weighted by Gasteiger charge is -1.87. The molecule has 0 bridgehead atoms. The first kappa shape index (κ1) is 5.53. The van der Waals surface area contributed by atoms with Gasteiger partial charge in [-0.3, -0.25) is 0 Å². The summed E-state index contributed by atoms with van der Waals surface area (Å²) in [6.07, 6.45) is 4.43. The first-order valence-corrected chi connectivity index (χ1v) is 3.32. The van der Waals surface area contributed by atoms with E-state index in [1.54, 1.807) is 10.8 Å². The molecule has 2 heterocycles. The Bertz CT molecular complexity index is 334. The number of hydrogen-bond acceptors (Lipinski definition) is 2. The normalized spacial score (nSPS) is 10.9. The van der Waals surface area contributed by atoms with Crippen molar-refractivity contribution in [1.82, 2.24) is 9.56 Å². The van der Waals surface area contributed by atoms with E-state index in [-0.39, 0.29) is 0 Å². The van der Waals surface area contributed by atoms with Gasteiger partial charge >= 0.3 is 0 Å². The highest BCUT2D eigenvalue weighted by Gasteiger charge is 2.00. The van der Waals surface area contributed by atoms with Crippen LogP contribution in [0.1, 0.15) is 12.6 Å². The number of imidazole rings is 1. The van der Waals surface area contributed by atoms with Crippen LogP contribution >= 0.6 is 0 Å². The zero-order valence-corrected chi connectivity index (χ0v) is 5.74. The molecule has 10 heavy (non-hydrogen) atoms. The summed E-state index contributed by atoms with van der Waals surface area (Å²) in [5, 5.41) is 0. The Morgan fingerprint density at radius 2 is 2.60 bits per heavy atom. The lowest BCUT2D eigenvalue weighted by Crippen LogP contribution is -1.84. The summed E-state index contributed by atoms with van der Waals surface area (Å²) in [5.74, 6) is 0. The predicted octanol–water partition coefficient (Wildman–Crippen LogP) is 1.49. The minimum absolute atomic E-state index is 0.886. The fourth-order valence-corrected chi connectivity index (χ4v) is 1.01. The molecule has 0 spiro atoms. The summed E-state index contributed by atoms with van der Waals surface area (Å²) in [4.78, 5) is 4.12. The summed E-state index contributed by atoms with van der Waals surface area (Å²) in [7, 11) is 0. The Morgan fingerprint density at radius 1 is 1.70 bits per heavy atom. The molecule has 0 saturated heterocycles. The SMILES string of the molecule is CCc1cnc2ccon12. The number of hydrogen-bond donors (Lipinski definition) is 0. The molecule has 2 aromatic rings. The molecule has 0 unspecified atom stereocenters. The standard InChI is InChI=1S/C7H8N2O/c1-2-6-5-8-7-3-4-10-9(6)7/h3-5H,2H2,1H3. The van der Waals surface area contributed by atoms with Crippen LogP contribution in [-0.2, 0) is 6.42 Å². The van der Waals surface area contributed by atoms with Crippen LogP contribution in [0.15, 0.2) is 23.0 Å². The van der Waals surface area contributed by atoms with Crippen molar-refractivity contribution in [2.75, 3.05) is 0 Å². The molecule has 2 aromatic heterocycles. The minimum Gasteiger partial charge on any atom is -0.381 e. The van der Waals surface area contributed by atoms with Crippen molar-refractivity contribution in [3.05, 3.63) is 24.2 Å². The third-order valence-corrected chi connectivity index (χ3v) is 1.56. The number of fused-ring (bicyclic) bond motifs is 1. The number of nitrogens with zero attached hydrogens (tertiary/aromatic N) is 2. The molecule has 0 radical (unpaired) electrons. The largest absolute Gasteiger partial charge is 0.381 e. The second-order valence-corrected chi connectivity index (χ2v) is 2.16. The smallest absolute Gasteiger partial charge is 0.172 e. The number of aromatic nitrogens is 2. The van der Waals surface area contributed by atoms with Gasteiger partial charge in [-0.05, 0) is 6.42 Å². The van der Waals surface area contributed by atoms with Crippen LogP contribution in [0.5, 0.6) is 0 Å². The van der Waals surface area contributed by atoms with Gasteiger partial charge in [-0.1, -0.05) is 6.92 Å². The summed E-state index contributed by atoms with van der Waals surface area (Å²) in [5.41, 5.74) is 2.00. The Morgan fingerprint density at radius 3 is 3.40 bits per heavy atom. The topological polar surface area (TPSA) is 30.4 Å². The molecule has 0 saturated carbocycles. The van der Waals surface area contributed by atoms with Crippen molar-refractivity contribution in [3.63, 3.8) is 0 Å². The molecule has 52 valence electrons. The van der Waals surface area contributed by atoms with Crippen LogP contribution in [-0.4, -0.2) is 9.56 Å². The average Bonchev–Trinajstić information content (AvgIpc) is 2.44. The first-order chi connectivity index (χ1) is 4.92. The monoisotopic (exact) mass is 136 g/mol. The van der Waals surface area contributed by atoms with E-state index in [0.29, 0.717) is 0 Å². The van der Waals surface area contributed by atoms with Gasteiger partial charge in [-0.15, -0.1) is 0 Å². The quantitative estimate of drug-likeness (QED) is 0.594. The molecule has 0 N–H and O–H groups in total. The molecule has 0 aliphatic rings. The van der Waals surface area contributed by atoms with E-state index in [1.807, 2.05) is 12.3 Å². The van der Waals surface area contributed by atoms with E-state index in [9.17, 15) is 0 Å². The highest BCUT2D eigenvalue weighted by atomic mass is 16.5. The molecular weight excluding hydrogens is 128 g/mol. The molecule has 0 aromatic carbocycles. The Balaban J connectivity index is 2.76. The molecule has 0 aliphatic carbocycles. The summed E-state index contributed by atoms with van der Waals surface area (Å²) >= 11 is 0. The maximum atomic E-state index is 5.13. The molecule has 0 fully saturated rings. The molecule has 0 atom stereocenters. The number of rotatable bonds is 1. The van der Waals surface area contributed by atoms with Gasteiger partial charge in [0.25, 0.3) is 0 Å². The highest BCUT2D eigenvalue weighted by Crippen LogP contribution is 2.06. The fraction of sp³-hybridized carbons (Fsp3) is 0.286. The van der Waals surface area contributed by atoms with Crippen LogP contribution < -0.4 is 0 Å². The van der Waals surface area contributed by atoms with Crippen LogP contribution in [0.25, 0.3) is 5.65 Å². The zero-order chi connectivity index (χ0) is 6.97. The van der Waals surface area contributed by atoms with Gasteiger partial charge in [0.05, 0.1) is 11.9 Å². The van der Waals surface area contributed by atoms with Crippen LogP contribution in [0.3, 0.4) is 0 Å². The lowest BCUT2D eigenvalue weighted by molar-refractivity contribution is 0.367. The molecule has 0 amide bonds. The second-order valence-electron chi connectivity index (χ2n) is 2.16.